The molecule has 2 aromatic carbocycles. The van der Waals surface area contributed by atoms with Gasteiger partial charge in [0.15, 0.2) is 0 Å². The molecule has 0 fully saturated rings. The van der Waals surface area contributed by atoms with E-state index in [0.717, 1.165) is 0 Å². The van der Waals surface area contributed by atoms with Crippen LogP contribution in [0.5, 0.6) is 0 Å². The van der Waals surface area contributed by atoms with Crippen molar-refractivity contribution < 1.29 is 26.7 Å². The third-order valence-corrected chi connectivity index (χ3v) is 5.95. The van der Waals surface area contributed by atoms with Gasteiger partial charge in [-0.25, -0.2) is 0 Å². The Hall–Kier alpha value is -1.29. The molecule has 0 atom stereocenters. The van der Waals surface area contributed by atoms with E-state index in [4.69, 9.17) is 0 Å². The van der Waals surface area contributed by atoms with E-state index in [9.17, 15) is 10.2 Å². The van der Waals surface area contributed by atoms with E-state index in [0.29, 0.717) is 11.1 Å². The van der Waals surface area contributed by atoms with Crippen LogP contribution < -0.4 is 10.2 Å². The molecule has 0 radical (unpaired) electrons. The van der Waals surface area contributed by atoms with E-state index < -0.39 is 0 Å². The van der Waals surface area contributed by atoms with Gasteiger partial charge >= 0.3 is 16.5 Å². The first-order valence-corrected chi connectivity index (χ1v) is 13.9. The summed E-state index contributed by atoms with van der Waals surface area (Å²) >= 11 is 8.81. The number of unbranched alkanes of at least 4 members (excludes halogenated alkanes) is 13. The molecule has 0 saturated carbocycles. The van der Waals surface area contributed by atoms with Crippen molar-refractivity contribution in [3.63, 3.8) is 0 Å². The Labute approximate surface area is 235 Å². The molecule has 0 aliphatic rings. The molecule has 0 unspecified atom stereocenters. The molecule has 198 valence electrons. The average Bonchev–Trinajstić information content (AvgIpc) is 2.86. The number of benzene rings is 2. The van der Waals surface area contributed by atoms with Crippen LogP contribution in [0.25, 0.3) is 0 Å². The van der Waals surface area contributed by atoms with E-state index >= 15 is 0 Å². The van der Waals surface area contributed by atoms with Gasteiger partial charge in [0, 0.05) is 0 Å². The van der Waals surface area contributed by atoms with E-state index in [2.05, 4.69) is 38.3 Å². The zero-order chi connectivity index (χ0) is 25.3. The van der Waals surface area contributed by atoms with Gasteiger partial charge in [0.1, 0.15) is 0 Å². The largest absolute Gasteiger partial charge is 2.00 e. The Morgan fingerprint density at radius 3 is 0.886 bits per heavy atom. The molecule has 0 aliphatic heterocycles. The molecule has 35 heavy (non-hydrogen) atoms. The van der Waals surface area contributed by atoms with E-state index in [-0.39, 0.29) is 26.6 Å². The van der Waals surface area contributed by atoms with Crippen molar-refractivity contribution in [2.75, 3.05) is 0 Å². The third kappa shape index (κ3) is 24.2. The maximum absolute atomic E-state index is 10.5. The van der Waals surface area contributed by atoms with Gasteiger partial charge < -0.3 is 10.2 Å². The third-order valence-electron chi connectivity index (χ3n) is 5.48. The molecular formula is C30H44NiO2S2. The van der Waals surface area contributed by atoms with Crippen molar-refractivity contribution in [1.82, 2.24) is 0 Å². The summed E-state index contributed by atoms with van der Waals surface area (Å²) in [6, 6.07) is 17.7. The van der Waals surface area contributed by atoms with Gasteiger partial charge in [-0.15, -0.1) is 0 Å². The smallest absolute Gasteiger partial charge is 0.864 e. The predicted molar refractivity (Wildman–Crippen MR) is 152 cm³/mol. The van der Waals surface area contributed by atoms with Gasteiger partial charge in [0.2, 0.25) is 0 Å². The Bertz CT molecular complexity index is 660. The maximum Gasteiger partial charge on any atom is 2.00 e. The van der Waals surface area contributed by atoms with E-state index in [1.54, 1.807) is 48.5 Å². The Morgan fingerprint density at radius 1 is 0.486 bits per heavy atom. The van der Waals surface area contributed by atoms with Crippen molar-refractivity contribution in [3.8, 4) is 0 Å². The topological polar surface area (TPSA) is 46.1 Å². The van der Waals surface area contributed by atoms with Gasteiger partial charge in [0.05, 0.1) is 0 Å². The molecule has 2 aromatic rings. The van der Waals surface area contributed by atoms with Gasteiger partial charge in [-0.3, -0.25) is 0 Å². The van der Waals surface area contributed by atoms with Crippen LogP contribution in [0.15, 0.2) is 60.7 Å². The summed E-state index contributed by atoms with van der Waals surface area (Å²) < 4.78 is 0. The van der Waals surface area contributed by atoms with Crippen LogP contribution in [0.2, 0.25) is 0 Å². The standard InChI is InChI=1S/C16H34.2C7H6OS.Ni/c1-3-5-7-9-11-13-15-16-14-12-10-8-6-4-2;2*8-7(9)6-4-2-1-3-5-6;/h3-16H2,1-2H3;2*1-5H,(H,8,9);/q;;;+2/p-2. The van der Waals surface area contributed by atoms with Gasteiger partial charge in [-0.05, 0) is 21.2 Å². The monoisotopic (exact) mass is 558 g/mol. The van der Waals surface area contributed by atoms with Crippen LogP contribution in [-0.2, 0) is 16.5 Å². The first kappa shape index (κ1) is 35.9. The number of thiocarbonyl (C=S) groups is 2. The molecule has 0 saturated heterocycles. The quantitative estimate of drug-likeness (QED) is 0.126. The van der Waals surface area contributed by atoms with E-state index in [1.165, 1.54) is 89.9 Å². The molecule has 0 spiro atoms. The number of hydrogen-bond donors (Lipinski definition) is 0. The number of hydrogen-bond acceptors (Lipinski definition) is 4. The molecule has 2 nitrogen and oxygen atoms in total. The average molecular weight is 560 g/mol. The Kier molecular flexibility index (Phi) is 28.0. The van der Waals surface area contributed by atoms with Crippen LogP contribution in [0.1, 0.15) is 115 Å². The SMILES string of the molecule is CCCCCCCCCCCCCCCC.[Ni+2].[O-]C(=S)c1ccccc1.[O-]C(=S)c1ccccc1. The van der Waals surface area contributed by atoms with Crippen LogP contribution in [0.4, 0.5) is 0 Å². The minimum atomic E-state index is -0.296. The van der Waals surface area contributed by atoms with Gasteiger partial charge in [-0.2, -0.15) is 0 Å². The summed E-state index contributed by atoms with van der Waals surface area (Å²) in [5.41, 5.74) is 1.18. The van der Waals surface area contributed by atoms with Crippen LogP contribution in [-0.4, -0.2) is 10.1 Å². The summed E-state index contributed by atoms with van der Waals surface area (Å²) in [5.74, 6) is 0. The molecule has 0 heterocycles. The van der Waals surface area contributed by atoms with Gasteiger partial charge in [0.25, 0.3) is 0 Å². The molecule has 0 N–H and O–H groups in total. The van der Waals surface area contributed by atoms with Crippen molar-refractivity contribution in [2.24, 2.45) is 0 Å². The minimum Gasteiger partial charge on any atom is -0.864 e. The summed E-state index contributed by atoms with van der Waals surface area (Å²) in [4.78, 5) is 0. The molecular weight excluding hydrogens is 515 g/mol. The molecule has 0 bridgehead atoms. The fraction of sp³-hybridized carbons (Fsp3) is 0.533. The van der Waals surface area contributed by atoms with Crippen molar-refractivity contribution in [1.29, 1.82) is 0 Å². The molecule has 0 amide bonds. The first-order chi connectivity index (χ1) is 16.5. The van der Waals surface area contributed by atoms with Crippen LogP contribution in [0, 0.1) is 0 Å². The van der Waals surface area contributed by atoms with Crippen molar-refractivity contribution >= 4 is 34.5 Å². The predicted octanol–water partition coefficient (Wildman–Crippen LogP) is 7.93. The van der Waals surface area contributed by atoms with E-state index in [1.807, 2.05) is 12.1 Å². The normalized spacial score (nSPS) is 9.54. The summed E-state index contributed by atoms with van der Waals surface area (Å²) in [6.07, 6.45) is 20.4. The molecule has 0 aliphatic carbocycles. The molecule has 0 aromatic heterocycles. The number of rotatable bonds is 15. The minimum absolute atomic E-state index is 0. The second-order valence-corrected chi connectivity index (χ2v) is 9.29. The fourth-order valence-corrected chi connectivity index (χ4v) is 3.69. The van der Waals surface area contributed by atoms with Gasteiger partial charge in [-0.1, -0.05) is 189 Å². The molecule has 5 heteroatoms. The van der Waals surface area contributed by atoms with Crippen molar-refractivity contribution in [2.45, 2.75) is 104 Å². The zero-order valence-corrected chi connectivity index (χ0v) is 24.2. The summed E-state index contributed by atoms with van der Waals surface area (Å²) in [7, 11) is 0. The van der Waals surface area contributed by atoms with Crippen molar-refractivity contribution in [3.05, 3.63) is 71.8 Å². The van der Waals surface area contributed by atoms with Crippen LogP contribution >= 0.6 is 24.4 Å². The Morgan fingerprint density at radius 2 is 0.714 bits per heavy atom. The van der Waals surface area contributed by atoms with Crippen LogP contribution in [0.3, 0.4) is 0 Å². The molecule has 2 rings (SSSR count). The second-order valence-electron chi connectivity index (χ2n) is 8.55. The zero-order valence-electron chi connectivity index (χ0n) is 21.6. The Balaban J connectivity index is 0. The second kappa shape index (κ2) is 27.3. The maximum atomic E-state index is 10.5. The summed E-state index contributed by atoms with van der Waals surface area (Å²) in [6.45, 7) is 4.58. The summed E-state index contributed by atoms with van der Waals surface area (Å²) in [5, 5.41) is 20.3. The fourth-order valence-electron chi connectivity index (χ4n) is 3.42. The first-order valence-electron chi connectivity index (χ1n) is 13.1.